The number of nitrogens with zero attached hydrogens (tertiary/aromatic N) is 3. The standard InChI is InChI=1S/C34H55FN6O7/c1-42-14-15-44-16-17-45-18-19-46-20-21-47-26-48-25-41-13-7-10-29(41)24-36-32-23-33(37-27-8-5-3-4-6-9-27)40-34(39-32)38-28-11-12-31(43-2)30(35)22-28/h11-12,22-23,27,29H,3-10,13-21,24-26H2,1-2H3,(H3,36,37,38,39,40). The predicted molar refractivity (Wildman–Crippen MR) is 183 cm³/mol. The molecule has 1 atom stereocenters. The van der Waals surface area contributed by atoms with Crippen LogP contribution in [0, 0.1) is 5.82 Å². The Labute approximate surface area is 284 Å². The van der Waals surface area contributed by atoms with E-state index in [4.69, 9.17) is 43.1 Å². The van der Waals surface area contributed by atoms with Crippen molar-refractivity contribution < 1.29 is 37.5 Å². The highest BCUT2D eigenvalue weighted by Crippen LogP contribution is 2.26. The number of ether oxygens (including phenoxy) is 7. The number of hydrogen-bond donors (Lipinski definition) is 3. The first-order valence-electron chi connectivity index (χ1n) is 17.3. The van der Waals surface area contributed by atoms with E-state index >= 15 is 0 Å². The number of halogens is 1. The summed E-state index contributed by atoms with van der Waals surface area (Å²) < 4.78 is 52.1. The fourth-order valence-corrected chi connectivity index (χ4v) is 5.77. The quantitative estimate of drug-likeness (QED) is 0.0781. The smallest absolute Gasteiger partial charge is 0.231 e. The average Bonchev–Trinajstić information content (AvgIpc) is 3.38. The highest BCUT2D eigenvalue weighted by Gasteiger charge is 2.24. The fourth-order valence-electron chi connectivity index (χ4n) is 5.77. The van der Waals surface area contributed by atoms with Crippen LogP contribution in [0.5, 0.6) is 5.75 Å². The van der Waals surface area contributed by atoms with Crippen molar-refractivity contribution in [2.45, 2.75) is 63.5 Å². The number of benzene rings is 1. The van der Waals surface area contributed by atoms with Crippen molar-refractivity contribution in [1.29, 1.82) is 0 Å². The van der Waals surface area contributed by atoms with Crippen molar-refractivity contribution in [3.8, 4) is 5.75 Å². The van der Waals surface area contributed by atoms with Crippen molar-refractivity contribution in [2.24, 2.45) is 0 Å². The second-order valence-corrected chi connectivity index (χ2v) is 11.9. The molecule has 0 spiro atoms. The van der Waals surface area contributed by atoms with E-state index < -0.39 is 5.82 Å². The van der Waals surface area contributed by atoms with Crippen molar-refractivity contribution in [2.75, 3.05) is 110 Å². The molecule has 2 aliphatic rings. The minimum Gasteiger partial charge on any atom is -0.494 e. The normalized spacial score (nSPS) is 17.4. The van der Waals surface area contributed by atoms with Gasteiger partial charge in [0.25, 0.3) is 0 Å². The lowest BCUT2D eigenvalue weighted by Gasteiger charge is -2.25. The molecule has 3 N–H and O–H groups in total. The Morgan fingerprint density at radius 2 is 1.46 bits per heavy atom. The van der Waals surface area contributed by atoms with Gasteiger partial charge in [-0.05, 0) is 37.8 Å². The molecule has 48 heavy (non-hydrogen) atoms. The topological polar surface area (TPSA) is 130 Å². The number of nitrogens with one attached hydrogen (secondary N) is 3. The van der Waals surface area contributed by atoms with Crippen LogP contribution < -0.4 is 20.7 Å². The second kappa shape index (κ2) is 22.7. The van der Waals surface area contributed by atoms with Gasteiger partial charge in [0.15, 0.2) is 11.6 Å². The average molecular weight is 679 g/mol. The van der Waals surface area contributed by atoms with Crippen LogP contribution in [0.15, 0.2) is 24.3 Å². The molecule has 0 bridgehead atoms. The van der Waals surface area contributed by atoms with Crippen molar-refractivity contribution in [3.63, 3.8) is 0 Å². The fraction of sp³-hybridized carbons (Fsp3) is 0.706. The Balaban J connectivity index is 1.18. The van der Waals surface area contributed by atoms with E-state index in [0.717, 1.165) is 38.0 Å². The zero-order valence-corrected chi connectivity index (χ0v) is 28.7. The highest BCUT2D eigenvalue weighted by molar-refractivity contribution is 5.60. The molecule has 1 aromatic heterocycles. The lowest BCUT2D eigenvalue weighted by Crippen LogP contribution is -2.37. The largest absolute Gasteiger partial charge is 0.494 e. The molecule has 1 saturated heterocycles. The molecule has 0 amide bonds. The van der Waals surface area contributed by atoms with Crippen LogP contribution in [0.25, 0.3) is 0 Å². The summed E-state index contributed by atoms with van der Waals surface area (Å²) in [5.41, 5.74) is 0.545. The van der Waals surface area contributed by atoms with Crippen molar-refractivity contribution in [3.05, 3.63) is 30.1 Å². The molecule has 14 heteroatoms. The van der Waals surface area contributed by atoms with Crippen LogP contribution >= 0.6 is 0 Å². The first-order chi connectivity index (χ1) is 23.6. The summed E-state index contributed by atoms with van der Waals surface area (Å²) in [6.45, 7) is 6.56. The van der Waals surface area contributed by atoms with Crippen LogP contribution in [0.1, 0.15) is 51.4 Å². The van der Waals surface area contributed by atoms with E-state index in [1.807, 2.05) is 6.07 Å². The molecule has 2 heterocycles. The number of anilines is 4. The van der Waals surface area contributed by atoms with E-state index in [1.54, 1.807) is 19.2 Å². The van der Waals surface area contributed by atoms with Crippen LogP contribution in [-0.4, -0.2) is 121 Å². The number of hydrogen-bond acceptors (Lipinski definition) is 13. The molecule has 2 fully saturated rings. The van der Waals surface area contributed by atoms with E-state index in [0.29, 0.717) is 95.7 Å². The molecule has 1 saturated carbocycles. The summed E-state index contributed by atoms with van der Waals surface area (Å²) in [4.78, 5) is 11.8. The highest BCUT2D eigenvalue weighted by atomic mass is 19.1. The van der Waals surface area contributed by atoms with E-state index in [1.165, 1.54) is 38.9 Å². The minimum absolute atomic E-state index is 0.187. The summed E-state index contributed by atoms with van der Waals surface area (Å²) in [7, 11) is 3.09. The summed E-state index contributed by atoms with van der Waals surface area (Å²) in [6.07, 6.45) is 9.37. The summed E-state index contributed by atoms with van der Waals surface area (Å²) in [5, 5.41) is 10.3. The molecule has 1 aliphatic carbocycles. The van der Waals surface area contributed by atoms with Crippen LogP contribution in [0.3, 0.4) is 0 Å². The van der Waals surface area contributed by atoms with Gasteiger partial charge in [-0.1, -0.05) is 25.7 Å². The summed E-state index contributed by atoms with van der Waals surface area (Å²) >= 11 is 0. The number of methoxy groups -OCH3 is 2. The molecule has 13 nitrogen and oxygen atoms in total. The summed E-state index contributed by atoms with van der Waals surface area (Å²) in [6, 6.07) is 7.34. The maximum Gasteiger partial charge on any atom is 0.231 e. The van der Waals surface area contributed by atoms with Crippen molar-refractivity contribution >= 4 is 23.3 Å². The Kier molecular flexibility index (Phi) is 18.0. The van der Waals surface area contributed by atoms with E-state index in [-0.39, 0.29) is 12.5 Å². The zero-order valence-electron chi connectivity index (χ0n) is 28.7. The molecule has 1 unspecified atom stereocenters. The van der Waals surface area contributed by atoms with E-state index in [9.17, 15) is 4.39 Å². The van der Waals surface area contributed by atoms with Gasteiger partial charge in [0.05, 0.1) is 60.0 Å². The molecule has 2 aromatic rings. The van der Waals surface area contributed by atoms with Gasteiger partial charge in [0, 0.05) is 50.1 Å². The van der Waals surface area contributed by atoms with Gasteiger partial charge in [-0.25, -0.2) is 4.39 Å². The number of aromatic nitrogens is 2. The van der Waals surface area contributed by atoms with Crippen LogP contribution in [0.2, 0.25) is 0 Å². The Hall–Kier alpha value is -2.85. The van der Waals surface area contributed by atoms with Crippen molar-refractivity contribution in [1.82, 2.24) is 14.9 Å². The molecule has 1 aromatic carbocycles. The first-order valence-corrected chi connectivity index (χ1v) is 17.3. The molecule has 270 valence electrons. The second-order valence-electron chi connectivity index (χ2n) is 11.9. The minimum atomic E-state index is -0.451. The lowest BCUT2D eigenvalue weighted by atomic mass is 10.1. The Bertz CT molecular complexity index is 1160. The van der Waals surface area contributed by atoms with Gasteiger partial charge in [-0.2, -0.15) is 9.97 Å². The third kappa shape index (κ3) is 14.3. The molecule has 4 rings (SSSR count). The van der Waals surface area contributed by atoms with Crippen LogP contribution in [-0.2, 0) is 28.4 Å². The first kappa shape index (κ1) is 38.0. The zero-order chi connectivity index (χ0) is 33.7. The monoisotopic (exact) mass is 678 g/mol. The maximum atomic E-state index is 14.4. The molecular weight excluding hydrogens is 623 g/mol. The molecular formula is C34H55FN6O7. The van der Waals surface area contributed by atoms with E-state index in [2.05, 4.69) is 20.9 Å². The summed E-state index contributed by atoms with van der Waals surface area (Å²) in [5.74, 6) is 1.58. The Morgan fingerprint density at radius 1 is 0.771 bits per heavy atom. The van der Waals surface area contributed by atoms with Gasteiger partial charge in [0.1, 0.15) is 25.2 Å². The number of rotatable bonds is 24. The maximum absolute atomic E-state index is 14.4. The predicted octanol–water partition coefficient (Wildman–Crippen LogP) is 5.02. The van der Waals surface area contributed by atoms with Gasteiger partial charge in [-0.3, -0.25) is 4.90 Å². The van der Waals surface area contributed by atoms with Gasteiger partial charge >= 0.3 is 0 Å². The third-order valence-electron chi connectivity index (χ3n) is 8.33. The molecule has 1 aliphatic heterocycles. The third-order valence-corrected chi connectivity index (χ3v) is 8.33. The van der Waals surface area contributed by atoms with Crippen LogP contribution in [0.4, 0.5) is 27.7 Å². The van der Waals surface area contributed by atoms with Gasteiger partial charge < -0.3 is 49.1 Å². The number of likely N-dealkylation sites (tertiary alicyclic amines) is 1. The SMILES string of the molecule is COCCOCCOCCOCCOCOCN1CCCC1CNc1cc(NC2CCCCCC2)nc(Nc2ccc(OC)c(F)c2)n1. The van der Waals surface area contributed by atoms with Gasteiger partial charge in [0.2, 0.25) is 5.95 Å². The Morgan fingerprint density at radius 3 is 2.15 bits per heavy atom. The molecule has 0 radical (unpaired) electrons. The lowest BCUT2D eigenvalue weighted by molar-refractivity contribution is -0.102. The van der Waals surface area contributed by atoms with Gasteiger partial charge in [-0.15, -0.1) is 0 Å².